The van der Waals surface area contributed by atoms with E-state index in [0.29, 0.717) is 19.0 Å². The van der Waals surface area contributed by atoms with Gasteiger partial charge in [-0.05, 0) is 42.7 Å². The average Bonchev–Trinajstić information content (AvgIpc) is 3.15. The Morgan fingerprint density at radius 3 is 2.48 bits per heavy atom. The number of hydrogen-bond donors (Lipinski definition) is 2. The molecule has 2 N–H and O–H groups in total. The number of para-hydroxylation sites is 1. The van der Waals surface area contributed by atoms with Crippen molar-refractivity contribution >= 4 is 35.6 Å². The molecule has 3 rings (SSSR count). The number of benzene rings is 2. The van der Waals surface area contributed by atoms with Gasteiger partial charge in [-0.3, -0.25) is 4.99 Å². The first kappa shape index (κ1) is 23.2. The maximum Gasteiger partial charge on any atom is 0.191 e. The van der Waals surface area contributed by atoms with Crippen LogP contribution in [0.25, 0.3) is 0 Å². The standard InChI is InChI=1S/C21H26F2N4O.HI/c1-24-21(25-12-10-15-6-8-17(28-2)9-7-15)26-16-11-13-27(14-16)20-18(22)4-3-5-19(20)23;/h3-9,16H,10-14H2,1-2H3,(H2,24,25,26);1H. The zero-order chi connectivity index (χ0) is 19.9. The maximum absolute atomic E-state index is 14.0. The van der Waals surface area contributed by atoms with Gasteiger partial charge in [0.05, 0.1) is 7.11 Å². The van der Waals surface area contributed by atoms with Crippen LogP contribution >= 0.6 is 24.0 Å². The van der Waals surface area contributed by atoms with Crippen LogP contribution in [0.5, 0.6) is 5.75 Å². The molecule has 0 aromatic heterocycles. The molecule has 1 fully saturated rings. The lowest BCUT2D eigenvalue weighted by molar-refractivity contribution is 0.414. The third-order valence-electron chi connectivity index (χ3n) is 4.87. The number of methoxy groups -OCH3 is 1. The molecule has 0 radical (unpaired) electrons. The van der Waals surface area contributed by atoms with E-state index in [1.807, 2.05) is 24.3 Å². The highest BCUT2D eigenvalue weighted by Gasteiger charge is 2.27. The van der Waals surface area contributed by atoms with Crippen molar-refractivity contribution in [3.8, 4) is 5.75 Å². The minimum atomic E-state index is -0.525. The molecule has 0 bridgehead atoms. The summed E-state index contributed by atoms with van der Waals surface area (Å²) in [5.74, 6) is 0.478. The molecule has 2 aromatic carbocycles. The first-order chi connectivity index (χ1) is 13.6. The summed E-state index contributed by atoms with van der Waals surface area (Å²) in [6.45, 7) is 1.85. The van der Waals surface area contributed by atoms with Gasteiger partial charge in [0.2, 0.25) is 0 Å². The highest BCUT2D eigenvalue weighted by Crippen LogP contribution is 2.26. The van der Waals surface area contributed by atoms with E-state index in [9.17, 15) is 8.78 Å². The van der Waals surface area contributed by atoms with Gasteiger partial charge in [-0.25, -0.2) is 8.78 Å². The van der Waals surface area contributed by atoms with Crippen molar-refractivity contribution < 1.29 is 13.5 Å². The number of aliphatic imine (C=N–C) groups is 1. The number of guanidine groups is 1. The predicted molar refractivity (Wildman–Crippen MR) is 124 cm³/mol. The average molecular weight is 516 g/mol. The second-order valence-corrected chi connectivity index (χ2v) is 6.74. The topological polar surface area (TPSA) is 48.9 Å². The number of anilines is 1. The summed E-state index contributed by atoms with van der Waals surface area (Å²) >= 11 is 0. The number of nitrogens with zero attached hydrogens (tertiary/aromatic N) is 2. The maximum atomic E-state index is 14.0. The molecule has 1 atom stereocenters. The van der Waals surface area contributed by atoms with Crippen LogP contribution in [0, 0.1) is 11.6 Å². The Labute approximate surface area is 187 Å². The molecular formula is C21H27F2IN4O. The molecule has 0 spiro atoms. The third kappa shape index (κ3) is 6.19. The van der Waals surface area contributed by atoms with Crippen LogP contribution in [-0.2, 0) is 6.42 Å². The Morgan fingerprint density at radius 1 is 1.17 bits per heavy atom. The van der Waals surface area contributed by atoms with Crippen molar-refractivity contribution in [2.45, 2.75) is 18.9 Å². The molecule has 1 aliphatic heterocycles. The van der Waals surface area contributed by atoms with Gasteiger partial charge in [0.15, 0.2) is 5.96 Å². The van der Waals surface area contributed by atoms with E-state index in [1.54, 1.807) is 19.1 Å². The van der Waals surface area contributed by atoms with Gasteiger partial charge in [-0.2, -0.15) is 0 Å². The molecule has 5 nitrogen and oxygen atoms in total. The van der Waals surface area contributed by atoms with Crippen LogP contribution in [0.4, 0.5) is 14.5 Å². The monoisotopic (exact) mass is 516 g/mol. The smallest absolute Gasteiger partial charge is 0.191 e. The summed E-state index contributed by atoms with van der Waals surface area (Å²) in [5, 5.41) is 6.63. The molecule has 2 aromatic rings. The van der Waals surface area contributed by atoms with Crippen molar-refractivity contribution in [1.29, 1.82) is 0 Å². The lowest BCUT2D eigenvalue weighted by Gasteiger charge is -2.21. The summed E-state index contributed by atoms with van der Waals surface area (Å²) in [5.41, 5.74) is 1.25. The van der Waals surface area contributed by atoms with Crippen LogP contribution < -0.4 is 20.3 Å². The van der Waals surface area contributed by atoms with E-state index in [2.05, 4.69) is 15.6 Å². The van der Waals surface area contributed by atoms with Gasteiger partial charge < -0.3 is 20.3 Å². The Bertz CT molecular complexity index is 797. The minimum absolute atomic E-state index is 0. The Morgan fingerprint density at radius 2 is 1.86 bits per heavy atom. The zero-order valence-corrected chi connectivity index (χ0v) is 19.0. The number of halogens is 3. The largest absolute Gasteiger partial charge is 0.497 e. The Hall–Kier alpha value is -2.10. The fourth-order valence-corrected chi connectivity index (χ4v) is 3.38. The van der Waals surface area contributed by atoms with Crippen molar-refractivity contribution in [2.75, 3.05) is 38.7 Å². The Balaban J connectivity index is 0.00000300. The molecule has 1 unspecified atom stereocenters. The summed E-state index contributed by atoms with van der Waals surface area (Å²) in [6, 6.07) is 12.0. The van der Waals surface area contributed by atoms with E-state index in [0.717, 1.165) is 25.1 Å². The highest BCUT2D eigenvalue weighted by atomic mass is 127. The zero-order valence-electron chi connectivity index (χ0n) is 16.6. The molecule has 29 heavy (non-hydrogen) atoms. The van der Waals surface area contributed by atoms with Gasteiger partial charge in [0.1, 0.15) is 23.1 Å². The van der Waals surface area contributed by atoms with Gasteiger partial charge in [0.25, 0.3) is 0 Å². The molecule has 0 saturated carbocycles. The molecular weight excluding hydrogens is 489 g/mol. The van der Waals surface area contributed by atoms with E-state index >= 15 is 0 Å². The van der Waals surface area contributed by atoms with Gasteiger partial charge in [0, 0.05) is 32.7 Å². The number of rotatable bonds is 6. The normalized spacial score (nSPS) is 16.3. The van der Waals surface area contributed by atoms with Crippen LogP contribution in [0.15, 0.2) is 47.5 Å². The lowest BCUT2D eigenvalue weighted by Crippen LogP contribution is -2.45. The number of nitrogens with one attached hydrogen (secondary N) is 2. The fourth-order valence-electron chi connectivity index (χ4n) is 3.38. The summed E-state index contributed by atoms with van der Waals surface area (Å²) in [6.07, 6.45) is 1.63. The summed E-state index contributed by atoms with van der Waals surface area (Å²) in [4.78, 5) is 5.99. The summed E-state index contributed by atoms with van der Waals surface area (Å²) < 4.78 is 33.1. The quantitative estimate of drug-likeness (QED) is 0.350. The molecule has 0 amide bonds. The predicted octanol–water partition coefficient (Wildman–Crippen LogP) is 3.58. The Kier molecular flexibility index (Phi) is 8.94. The van der Waals surface area contributed by atoms with Gasteiger partial charge in [-0.15, -0.1) is 24.0 Å². The highest BCUT2D eigenvalue weighted by molar-refractivity contribution is 14.0. The minimum Gasteiger partial charge on any atom is -0.497 e. The third-order valence-corrected chi connectivity index (χ3v) is 4.87. The molecule has 1 aliphatic rings. The van der Waals surface area contributed by atoms with E-state index in [1.165, 1.54) is 23.8 Å². The van der Waals surface area contributed by atoms with Crippen LogP contribution in [-0.4, -0.2) is 45.8 Å². The second kappa shape index (κ2) is 11.2. The van der Waals surface area contributed by atoms with Crippen molar-refractivity contribution in [3.63, 3.8) is 0 Å². The van der Waals surface area contributed by atoms with Crippen molar-refractivity contribution in [1.82, 2.24) is 10.6 Å². The molecule has 8 heteroatoms. The van der Waals surface area contributed by atoms with E-state index in [-0.39, 0.29) is 35.7 Å². The second-order valence-electron chi connectivity index (χ2n) is 6.74. The first-order valence-corrected chi connectivity index (χ1v) is 9.39. The number of ether oxygens (including phenoxy) is 1. The van der Waals surface area contributed by atoms with Crippen molar-refractivity contribution in [2.24, 2.45) is 4.99 Å². The molecule has 1 saturated heterocycles. The van der Waals surface area contributed by atoms with Crippen molar-refractivity contribution in [3.05, 3.63) is 59.7 Å². The fraction of sp³-hybridized carbons (Fsp3) is 0.381. The molecule has 158 valence electrons. The van der Waals surface area contributed by atoms with E-state index < -0.39 is 11.6 Å². The first-order valence-electron chi connectivity index (χ1n) is 9.39. The summed E-state index contributed by atoms with van der Waals surface area (Å²) in [7, 11) is 3.36. The van der Waals surface area contributed by atoms with E-state index in [4.69, 9.17) is 4.74 Å². The van der Waals surface area contributed by atoms with Gasteiger partial charge >= 0.3 is 0 Å². The molecule has 1 heterocycles. The SMILES string of the molecule is CN=C(NCCc1ccc(OC)cc1)NC1CCN(c2c(F)cccc2F)C1.I. The lowest BCUT2D eigenvalue weighted by atomic mass is 10.1. The van der Waals surface area contributed by atoms with Crippen LogP contribution in [0.1, 0.15) is 12.0 Å². The van der Waals surface area contributed by atoms with Crippen LogP contribution in [0.3, 0.4) is 0 Å². The van der Waals surface area contributed by atoms with Gasteiger partial charge in [-0.1, -0.05) is 18.2 Å². The number of hydrogen-bond acceptors (Lipinski definition) is 3. The molecule has 0 aliphatic carbocycles. The van der Waals surface area contributed by atoms with Crippen LogP contribution in [0.2, 0.25) is 0 Å².